The molecule has 0 aliphatic heterocycles. The first-order chi connectivity index (χ1) is 37.5. The summed E-state index contributed by atoms with van der Waals surface area (Å²) < 4.78 is 5.49. The zero-order chi connectivity index (χ0) is 55.0. The maximum Gasteiger partial charge on any atom is 0.305 e. The summed E-state index contributed by atoms with van der Waals surface area (Å²) in [5, 5.41) is 23.3. The number of hydrogen-bond acceptors (Lipinski definition) is 5. The van der Waals surface area contributed by atoms with Gasteiger partial charge in [-0.3, -0.25) is 9.59 Å². The van der Waals surface area contributed by atoms with Crippen LogP contribution in [0.2, 0.25) is 0 Å². The summed E-state index contributed by atoms with van der Waals surface area (Å²) >= 11 is 0. The Hall–Kier alpha value is -1.14. The van der Waals surface area contributed by atoms with Crippen LogP contribution in [0.5, 0.6) is 0 Å². The van der Waals surface area contributed by atoms with Gasteiger partial charge in [0.25, 0.3) is 0 Å². The minimum absolute atomic E-state index is 0.0233. The molecule has 0 aliphatic carbocycles. The Morgan fingerprint density at radius 1 is 0.316 bits per heavy atom. The topological polar surface area (TPSA) is 95.9 Å². The third kappa shape index (κ3) is 62.1. The summed E-state index contributed by atoms with van der Waals surface area (Å²) in [6, 6.07) is -0.537. The summed E-state index contributed by atoms with van der Waals surface area (Å²) in [5.74, 6) is -0.00366. The monoisotopic (exact) mass is 1070 g/mol. The van der Waals surface area contributed by atoms with Gasteiger partial charge < -0.3 is 20.3 Å². The van der Waals surface area contributed by atoms with Gasteiger partial charge in [0.2, 0.25) is 5.91 Å². The number of unbranched alkanes of at least 4 members (excludes halogenated alkanes) is 56. The van der Waals surface area contributed by atoms with Gasteiger partial charge in [-0.25, -0.2) is 0 Å². The Kier molecular flexibility index (Phi) is 65.4. The highest BCUT2D eigenvalue weighted by Crippen LogP contribution is 2.20. The van der Waals surface area contributed by atoms with Crippen molar-refractivity contribution in [2.24, 2.45) is 0 Å². The molecule has 0 aromatic heterocycles. The Morgan fingerprint density at radius 3 is 0.803 bits per heavy atom. The molecule has 0 rings (SSSR count). The molecular formula is C70H139NO5. The Morgan fingerprint density at radius 2 is 0.539 bits per heavy atom. The first-order valence-electron chi connectivity index (χ1n) is 35.3. The van der Waals surface area contributed by atoms with E-state index in [2.05, 4.69) is 19.2 Å². The van der Waals surface area contributed by atoms with Gasteiger partial charge in [-0.1, -0.05) is 373 Å². The van der Waals surface area contributed by atoms with E-state index in [-0.39, 0.29) is 18.5 Å². The zero-order valence-electron chi connectivity index (χ0n) is 52.0. The quantitative estimate of drug-likeness (QED) is 0.0417. The van der Waals surface area contributed by atoms with Gasteiger partial charge in [0, 0.05) is 12.8 Å². The van der Waals surface area contributed by atoms with Gasteiger partial charge in [0.1, 0.15) is 0 Å². The molecular weight excluding hydrogens is 935 g/mol. The predicted octanol–water partition coefficient (Wildman–Crippen LogP) is 22.6. The molecule has 1 amide bonds. The third-order valence-corrected chi connectivity index (χ3v) is 16.9. The highest BCUT2D eigenvalue weighted by Gasteiger charge is 2.20. The van der Waals surface area contributed by atoms with Crippen molar-refractivity contribution in [3.8, 4) is 0 Å². The van der Waals surface area contributed by atoms with Crippen LogP contribution in [0.15, 0.2) is 0 Å². The number of hydrogen-bond donors (Lipinski definition) is 3. The summed E-state index contributed by atoms with van der Waals surface area (Å²) in [7, 11) is 0. The van der Waals surface area contributed by atoms with Gasteiger partial charge in [-0.2, -0.15) is 0 Å². The van der Waals surface area contributed by atoms with E-state index in [1.54, 1.807) is 0 Å². The van der Waals surface area contributed by atoms with E-state index in [1.165, 1.54) is 340 Å². The third-order valence-electron chi connectivity index (χ3n) is 16.9. The van der Waals surface area contributed by atoms with Crippen LogP contribution in [0.1, 0.15) is 412 Å². The molecule has 3 N–H and O–H groups in total. The minimum Gasteiger partial charge on any atom is -0.466 e. The largest absolute Gasteiger partial charge is 0.466 e. The molecule has 0 aromatic rings. The first-order valence-corrected chi connectivity index (χ1v) is 35.3. The number of rotatable bonds is 67. The number of esters is 1. The van der Waals surface area contributed by atoms with E-state index in [0.717, 1.165) is 38.5 Å². The molecule has 0 spiro atoms. The van der Waals surface area contributed by atoms with Gasteiger partial charge in [-0.05, 0) is 25.7 Å². The number of aliphatic hydroxyl groups excluding tert-OH is 2. The van der Waals surface area contributed by atoms with Crippen molar-refractivity contribution in [2.45, 2.75) is 424 Å². The second kappa shape index (κ2) is 66.4. The van der Waals surface area contributed by atoms with E-state index < -0.39 is 12.1 Å². The molecule has 6 nitrogen and oxygen atoms in total. The second-order valence-electron chi connectivity index (χ2n) is 24.6. The fourth-order valence-corrected chi connectivity index (χ4v) is 11.5. The van der Waals surface area contributed by atoms with Crippen LogP contribution in [-0.2, 0) is 14.3 Å². The number of ether oxygens (including phenoxy) is 1. The SMILES string of the molecule is CCCCCCCCCCCCCCCCCC(O)C(CO)NC(=O)CCCCCCCCCCCCCCCCCCCCCCCCCCCCCCCCCOC(=O)CCCCCCCCCCCCCCC. The molecule has 6 heteroatoms. The fraction of sp³-hybridized carbons (Fsp3) is 0.971. The average Bonchev–Trinajstić information content (AvgIpc) is 3.42. The lowest BCUT2D eigenvalue weighted by molar-refractivity contribution is -0.143. The average molecular weight is 1070 g/mol. The van der Waals surface area contributed by atoms with Crippen molar-refractivity contribution in [1.29, 1.82) is 0 Å². The van der Waals surface area contributed by atoms with Crippen LogP contribution in [0, 0.1) is 0 Å². The van der Waals surface area contributed by atoms with Crippen LogP contribution >= 0.6 is 0 Å². The maximum atomic E-state index is 12.5. The van der Waals surface area contributed by atoms with Crippen molar-refractivity contribution in [2.75, 3.05) is 13.2 Å². The van der Waals surface area contributed by atoms with Crippen molar-refractivity contribution in [3.63, 3.8) is 0 Å². The summed E-state index contributed by atoms with van der Waals surface area (Å²) in [6.45, 7) is 5.00. The van der Waals surface area contributed by atoms with E-state index in [4.69, 9.17) is 4.74 Å². The zero-order valence-corrected chi connectivity index (χ0v) is 52.0. The van der Waals surface area contributed by atoms with Crippen LogP contribution in [0.3, 0.4) is 0 Å². The number of carbonyl (C=O) groups is 2. The minimum atomic E-state index is -0.660. The first kappa shape index (κ1) is 74.9. The van der Waals surface area contributed by atoms with Crippen molar-refractivity contribution in [3.05, 3.63) is 0 Å². The summed E-state index contributed by atoms with van der Waals surface area (Å²) in [5.41, 5.74) is 0. The van der Waals surface area contributed by atoms with E-state index >= 15 is 0 Å². The molecule has 0 heterocycles. The molecule has 0 fully saturated rings. The van der Waals surface area contributed by atoms with Crippen LogP contribution < -0.4 is 5.32 Å². The molecule has 0 aromatic carbocycles. The molecule has 2 atom stereocenters. The Labute approximate surface area is 476 Å². The lowest BCUT2D eigenvalue weighted by Gasteiger charge is -2.22. The molecule has 0 saturated carbocycles. The van der Waals surface area contributed by atoms with Gasteiger partial charge in [-0.15, -0.1) is 0 Å². The lowest BCUT2D eigenvalue weighted by atomic mass is 10.0. The molecule has 0 bridgehead atoms. The van der Waals surface area contributed by atoms with Crippen LogP contribution in [0.4, 0.5) is 0 Å². The van der Waals surface area contributed by atoms with Crippen molar-refractivity contribution < 1.29 is 24.5 Å². The lowest BCUT2D eigenvalue weighted by Crippen LogP contribution is -2.45. The van der Waals surface area contributed by atoms with Gasteiger partial charge in [0.05, 0.1) is 25.4 Å². The number of carbonyl (C=O) groups excluding carboxylic acids is 2. The second-order valence-corrected chi connectivity index (χ2v) is 24.6. The number of amides is 1. The molecule has 0 radical (unpaired) electrons. The molecule has 454 valence electrons. The van der Waals surface area contributed by atoms with Crippen LogP contribution in [0.25, 0.3) is 0 Å². The molecule has 0 aliphatic rings. The molecule has 0 saturated heterocycles. The van der Waals surface area contributed by atoms with Crippen LogP contribution in [-0.4, -0.2) is 47.4 Å². The van der Waals surface area contributed by atoms with E-state index in [9.17, 15) is 19.8 Å². The van der Waals surface area contributed by atoms with Crippen molar-refractivity contribution in [1.82, 2.24) is 5.32 Å². The highest BCUT2D eigenvalue weighted by atomic mass is 16.5. The number of aliphatic hydroxyl groups is 2. The van der Waals surface area contributed by atoms with E-state index in [1.807, 2.05) is 0 Å². The highest BCUT2D eigenvalue weighted by molar-refractivity contribution is 5.76. The molecule has 76 heavy (non-hydrogen) atoms. The Bertz CT molecular complexity index is 1100. The normalized spacial score (nSPS) is 12.4. The standard InChI is InChI=1S/C70H139NO5/c1-3-5-7-9-11-13-15-17-35-39-42-46-50-54-58-62-68(73)67(66-72)71-69(74)63-59-55-51-47-43-40-36-33-31-29-27-25-23-21-19-18-20-22-24-26-28-30-32-34-37-41-45-49-53-57-61-65-76-70(75)64-60-56-52-48-44-38-16-14-12-10-8-6-4-2/h67-68,72-73H,3-66H2,1-2H3,(H,71,74). The summed E-state index contributed by atoms with van der Waals surface area (Å²) in [6.07, 6.45) is 80.2. The molecule has 2 unspecified atom stereocenters. The Balaban J connectivity index is 3.30. The fourth-order valence-electron chi connectivity index (χ4n) is 11.5. The van der Waals surface area contributed by atoms with E-state index in [0.29, 0.717) is 25.9 Å². The van der Waals surface area contributed by atoms with Gasteiger partial charge >= 0.3 is 5.97 Å². The van der Waals surface area contributed by atoms with Crippen molar-refractivity contribution >= 4 is 11.9 Å². The summed E-state index contributed by atoms with van der Waals surface area (Å²) in [4.78, 5) is 24.6. The maximum absolute atomic E-state index is 12.5. The number of nitrogens with one attached hydrogen (secondary N) is 1. The van der Waals surface area contributed by atoms with Gasteiger partial charge in [0.15, 0.2) is 0 Å². The predicted molar refractivity (Wildman–Crippen MR) is 334 cm³/mol. The smallest absolute Gasteiger partial charge is 0.305 e.